The van der Waals surface area contributed by atoms with Crippen LogP contribution in [0.4, 0.5) is 0 Å². The molecule has 23 heavy (non-hydrogen) atoms. The Bertz CT molecular complexity index is 703. The lowest BCUT2D eigenvalue weighted by molar-refractivity contribution is -0.125. The van der Waals surface area contributed by atoms with Crippen molar-refractivity contribution in [3.63, 3.8) is 0 Å². The zero-order valence-electron chi connectivity index (χ0n) is 13.8. The van der Waals surface area contributed by atoms with Crippen molar-refractivity contribution in [2.24, 2.45) is 0 Å². The molecule has 0 radical (unpaired) electrons. The van der Waals surface area contributed by atoms with E-state index in [0.717, 1.165) is 17.1 Å². The molecule has 5 nitrogen and oxygen atoms in total. The first-order chi connectivity index (χ1) is 11.0. The van der Waals surface area contributed by atoms with Crippen LogP contribution < -0.4 is 9.47 Å². The van der Waals surface area contributed by atoms with Gasteiger partial charge >= 0.3 is 0 Å². The van der Waals surface area contributed by atoms with Crippen LogP contribution in [0.25, 0.3) is 6.08 Å². The summed E-state index contributed by atoms with van der Waals surface area (Å²) in [6.07, 6.45) is 3.27. The molecule has 1 aromatic heterocycles. The summed E-state index contributed by atoms with van der Waals surface area (Å²) in [4.78, 5) is 13.7. The molecule has 0 spiro atoms. The van der Waals surface area contributed by atoms with Gasteiger partial charge in [0.1, 0.15) is 11.5 Å². The topological polar surface area (TPSA) is 51.9 Å². The first-order valence-corrected chi connectivity index (χ1v) is 7.24. The van der Waals surface area contributed by atoms with Gasteiger partial charge in [-0.05, 0) is 42.8 Å². The zero-order chi connectivity index (χ0) is 16.8. The van der Waals surface area contributed by atoms with E-state index in [1.54, 1.807) is 38.3 Å². The standard InChI is InChI=1S/C18H21NO4/c1-13-5-8-15(23-13)12-19(2)18(20)10-7-14-6-9-16(21-3)17(11-14)22-4/h5-11H,12H2,1-4H3/b10-7+. The highest BCUT2D eigenvalue weighted by atomic mass is 16.5. The van der Waals surface area contributed by atoms with Crippen LogP contribution in [0, 0.1) is 6.92 Å². The maximum absolute atomic E-state index is 12.1. The smallest absolute Gasteiger partial charge is 0.246 e. The summed E-state index contributed by atoms with van der Waals surface area (Å²) >= 11 is 0. The van der Waals surface area contributed by atoms with E-state index in [2.05, 4.69) is 0 Å². The third-order valence-corrected chi connectivity index (χ3v) is 3.39. The minimum Gasteiger partial charge on any atom is -0.493 e. The Morgan fingerprint density at radius 3 is 2.52 bits per heavy atom. The minimum atomic E-state index is -0.103. The SMILES string of the molecule is COc1ccc(/C=C/C(=O)N(C)Cc2ccc(C)o2)cc1OC. The Kier molecular flexibility index (Phi) is 5.46. The van der Waals surface area contributed by atoms with Gasteiger partial charge in [-0.15, -0.1) is 0 Å². The molecule has 0 fully saturated rings. The maximum Gasteiger partial charge on any atom is 0.246 e. The van der Waals surface area contributed by atoms with Crippen LogP contribution in [0.15, 0.2) is 40.8 Å². The normalized spacial score (nSPS) is 10.8. The summed E-state index contributed by atoms with van der Waals surface area (Å²) in [5, 5.41) is 0. The quantitative estimate of drug-likeness (QED) is 0.768. The fraction of sp³-hybridized carbons (Fsp3) is 0.278. The number of carbonyl (C=O) groups excluding carboxylic acids is 1. The maximum atomic E-state index is 12.1. The molecule has 1 heterocycles. The number of furan rings is 1. The van der Waals surface area contributed by atoms with Gasteiger partial charge in [-0.1, -0.05) is 6.07 Å². The molecule has 0 aliphatic heterocycles. The highest BCUT2D eigenvalue weighted by Gasteiger charge is 2.09. The molecule has 0 aliphatic rings. The summed E-state index contributed by atoms with van der Waals surface area (Å²) in [6, 6.07) is 9.24. The highest BCUT2D eigenvalue weighted by Crippen LogP contribution is 2.27. The Morgan fingerprint density at radius 2 is 1.91 bits per heavy atom. The van der Waals surface area contributed by atoms with Crippen molar-refractivity contribution in [1.82, 2.24) is 4.90 Å². The van der Waals surface area contributed by atoms with Gasteiger partial charge in [0.05, 0.1) is 20.8 Å². The van der Waals surface area contributed by atoms with Gasteiger partial charge in [0.25, 0.3) is 0 Å². The average Bonchev–Trinajstić information content (AvgIpc) is 2.96. The number of amides is 1. The van der Waals surface area contributed by atoms with Gasteiger partial charge in [-0.2, -0.15) is 0 Å². The second-order valence-electron chi connectivity index (χ2n) is 5.15. The van der Waals surface area contributed by atoms with Crippen LogP contribution in [-0.2, 0) is 11.3 Å². The van der Waals surface area contributed by atoms with Gasteiger partial charge in [0, 0.05) is 13.1 Å². The Labute approximate surface area is 136 Å². The van der Waals surface area contributed by atoms with Crippen LogP contribution in [0.1, 0.15) is 17.1 Å². The molecular weight excluding hydrogens is 294 g/mol. The van der Waals surface area contributed by atoms with Crippen LogP contribution in [0.2, 0.25) is 0 Å². The number of hydrogen-bond acceptors (Lipinski definition) is 4. The van der Waals surface area contributed by atoms with Crippen LogP contribution in [0.3, 0.4) is 0 Å². The number of aryl methyl sites for hydroxylation is 1. The first kappa shape index (κ1) is 16.7. The van der Waals surface area contributed by atoms with Crippen LogP contribution >= 0.6 is 0 Å². The lowest BCUT2D eigenvalue weighted by Gasteiger charge is -2.13. The number of carbonyl (C=O) groups is 1. The van der Waals surface area contributed by atoms with Gasteiger partial charge in [-0.25, -0.2) is 0 Å². The molecule has 0 N–H and O–H groups in total. The van der Waals surface area contributed by atoms with Crippen molar-refractivity contribution < 1.29 is 18.7 Å². The summed E-state index contributed by atoms with van der Waals surface area (Å²) in [5.74, 6) is 2.77. The van der Waals surface area contributed by atoms with Crippen molar-refractivity contribution in [3.8, 4) is 11.5 Å². The van der Waals surface area contributed by atoms with Crippen molar-refractivity contribution >= 4 is 12.0 Å². The van der Waals surface area contributed by atoms with E-state index in [9.17, 15) is 4.79 Å². The first-order valence-electron chi connectivity index (χ1n) is 7.24. The summed E-state index contributed by atoms with van der Waals surface area (Å²) in [7, 11) is 4.90. The van der Waals surface area contributed by atoms with Crippen molar-refractivity contribution in [3.05, 3.63) is 53.5 Å². The Hall–Kier alpha value is -2.69. The zero-order valence-corrected chi connectivity index (χ0v) is 13.8. The van der Waals surface area contributed by atoms with E-state index in [1.807, 2.05) is 31.2 Å². The molecule has 1 aromatic carbocycles. The largest absolute Gasteiger partial charge is 0.493 e. The molecule has 0 bridgehead atoms. The number of likely N-dealkylation sites (N-methyl/N-ethyl adjacent to an activating group) is 1. The summed E-state index contributed by atoms with van der Waals surface area (Å²) < 4.78 is 15.9. The van der Waals surface area contributed by atoms with Crippen LogP contribution in [-0.4, -0.2) is 32.1 Å². The van der Waals surface area contributed by atoms with E-state index >= 15 is 0 Å². The Morgan fingerprint density at radius 1 is 1.17 bits per heavy atom. The molecule has 122 valence electrons. The predicted molar refractivity (Wildman–Crippen MR) is 88.5 cm³/mol. The van der Waals surface area contributed by atoms with Crippen molar-refractivity contribution in [1.29, 1.82) is 0 Å². The van der Waals surface area contributed by atoms with Gasteiger partial charge < -0.3 is 18.8 Å². The van der Waals surface area contributed by atoms with Gasteiger partial charge in [0.15, 0.2) is 11.5 Å². The lowest BCUT2D eigenvalue weighted by atomic mass is 10.2. The number of methoxy groups -OCH3 is 2. The molecule has 0 atom stereocenters. The lowest BCUT2D eigenvalue weighted by Crippen LogP contribution is -2.23. The molecule has 0 aliphatic carbocycles. The molecule has 5 heteroatoms. The van der Waals surface area contributed by atoms with E-state index in [4.69, 9.17) is 13.9 Å². The second kappa shape index (κ2) is 7.54. The molecular formula is C18H21NO4. The number of nitrogens with zero attached hydrogens (tertiary/aromatic N) is 1. The van der Waals surface area contributed by atoms with Gasteiger partial charge in [-0.3, -0.25) is 4.79 Å². The molecule has 1 amide bonds. The predicted octanol–water partition coefficient (Wildman–Crippen LogP) is 3.28. The number of ether oxygens (including phenoxy) is 2. The van der Waals surface area contributed by atoms with Gasteiger partial charge in [0.2, 0.25) is 5.91 Å². The molecule has 0 saturated heterocycles. The number of rotatable bonds is 6. The van der Waals surface area contributed by atoms with Crippen LogP contribution in [0.5, 0.6) is 11.5 Å². The van der Waals surface area contributed by atoms with E-state index in [0.29, 0.717) is 18.0 Å². The number of hydrogen-bond donors (Lipinski definition) is 0. The number of benzene rings is 1. The van der Waals surface area contributed by atoms with E-state index in [1.165, 1.54) is 6.08 Å². The Balaban J connectivity index is 2.02. The fourth-order valence-corrected chi connectivity index (χ4v) is 2.13. The minimum absolute atomic E-state index is 0.103. The monoisotopic (exact) mass is 315 g/mol. The van der Waals surface area contributed by atoms with E-state index < -0.39 is 0 Å². The van der Waals surface area contributed by atoms with Crippen molar-refractivity contribution in [2.75, 3.05) is 21.3 Å². The summed E-state index contributed by atoms with van der Waals surface area (Å²) in [5.41, 5.74) is 0.859. The molecule has 0 unspecified atom stereocenters. The molecule has 0 saturated carbocycles. The summed E-state index contributed by atoms with van der Waals surface area (Å²) in [6.45, 7) is 2.31. The average molecular weight is 315 g/mol. The second-order valence-corrected chi connectivity index (χ2v) is 5.15. The third-order valence-electron chi connectivity index (χ3n) is 3.39. The van der Waals surface area contributed by atoms with E-state index in [-0.39, 0.29) is 5.91 Å². The van der Waals surface area contributed by atoms with Crippen molar-refractivity contribution in [2.45, 2.75) is 13.5 Å². The third kappa shape index (κ3) is 4.39. The molecule has 2 rings (SSSR count). The molecule has 2 aromatic rings. The fourth-order valence-electron chi connectivity index (χ4n) is 2.13. The highest BCUT2D eigenvalue weighted by molar-refractivity contribution is 5.91.